The second-order valence-electron chi connectivity index (χ2n) is 5.95. The molecule has 1 aliphatic carbocycles. The first-order chi connectivity index (χ1) is 8.70. The lowest BCUT2D eigenvalue weighted by Gasteiger charge is -2.37. The molecule has 2 fully saturated rings. The van der Waals surface area contributed by atoms with Crippen LogP contribution in [0.3, 0.4) is 0 Å². The zero-order valence-electron chi connectivity index (χ0n) is 11.8. The topological polar surface area (TPSA) is 44.7 Å². The molecule has 0 aromatic heterocycles. The van der Waals surface area contributed by atoms with Gasteiger partial charge in [0.1, 0.15) is 0 Å². The minimum atomic E-state index is -0.0951. The molecule has 0 radical (unpaired) electrons. The summed E-state index contributed by atoms with van der Waals surface area (Å²) in [4.78, 5) is 2.33. The zero-order valence-corrected chi connectivity index (χ0v) is 11.8. The van der Waals surface area contributed by atoms with E-state index in [-0.39, 0.29) is 12.1 Å². The maximum absolute atomic E-state index is 9.81. The highest BCUT2D eigenvalue weighted by atomic mass is 16.5. The molecule has 1 saturated carbocycles. The van der Waals surface area contributed by atoms with Crippen LogP contribution < -0.4 is 5.32 Å². The fourth-order valence-electron chi connectivity index (χ4n) is 3.23. The van der Waals surface area contributed by atoms with Crippen LogP contribution >= 0.6 is 0 Å². The highest BCUT2D eigenvalue weighted by molar-refractivity contribution is 5.02. The second-order valence-corrected chi connectivity index (χ2v) is 5.95. The SMILES string of the molecule is CCNC(CO)(CN(C)CC1CCCO1)C1CC1. The molecule has 2 rings (SSSR count). The molecule has 2 unspecified atom stereocenters. The first kappa shape index (κ1) is 14.3. The number of ether oxygens (including phenoxy) is 1. The summed E-state index contributed by atoms with van der Waals surface area (Å²) in [5, 5.41) is 13.3. The Hall–Kier alpha value is -0.160. The average Bonchev–Trinajstić information content (AvgIpc) is 3.09. The minimum absolute atomic E-state index is 0.0951. The lowest BCUT2D eigenvalue weighted by atomic mass is 9.93. The maximum Gasteiger partial charge on any atom is 0.0702 e. The quantitative estimate of drug-likeness (QED) is 0.676. The molecule has 0 amide bonds. The third-order valence-corrected chi connectivity index (χ3v) is 4.26. The largest absolute Gasteiger partial charge is 0.394 e. The number of aliphatic hydroxyl groups excluding tert-OH is 1. The Kier molecular flexibility index (Phi) is 5.01. The number of likely N-dealkylation sites (N-methyl/N-ethyl adjacent to an activating group) is 2. The van der Waals surface area contributed by atoms with Gasteiger partial charge in [0.2, 0.25) is 0 Å². The van der Waals surface area contributed by atoms with Crippen molar-refractivity contribution in [1.29, 1.82) is 0 Å². The fourth-order valence-corrected chi connectivity index (χ4v) is 3.23. The third kappa shape index (κ3) is 3.44. The van der Waals surface area contributed by atoms with E-state index in [4.69, 9.17) is 4.74 Å². The van der Waals surface area contributed by atoms with Gasteiger partial charge >= 0.3 is 0 Å². The van der Waals surface area contributed by atoms with E-state index in [1.807, 2.05) is 0 Å². The lowest BCUT2D eigenvalue weighted by molar-refractivity contribution is 0.0538. The molecule has 0 aromatic rings. The van der Waals surface area contributed by atoms with E-state index < -0.39 is 0 Å². The van der Waals surface area contributed by atoms with Crippen molar-refractivity contribution in [2.45, 2.75) is 44.2 Å². The second kappa shape index (κ2) is 6.33. The molecular weight excluding hydrogens is 228 g/mol. The summed E-state index contributed by atoms with van der Waals surface area (Å²) < 4.78 is 5.68. The summed E-state index contributed by atoms with van der Waals surface area (Å²) in [5.74, 6) is 0.648. The van der Waals surface area contributed by atoms with Crippen molar-refractivity contribution in [2.24, 2.45) is 5.92 Å². The van der Waals surface area contributed by atoms with E-state index in [2.05, 4.69) is 24.2 Å². The van der Waals surface area contributed by atoms with Crippen molar-refractivity contribution in [2.75, 3.05) is 39.9 Å². The number of hydrogen-bond acceptors (Lipinski definition) is 4. The Labute approximate surface area is 111 Å². The Balaban J connectivity index is 1.86. The molecule has 18 heavy (non-hydrogen) atoms. The molecule has 1 aliphatic heterocycles. The zero-order chi connectivity index (χ0) is 13.0. The fraction of sp³-hybridized carbons (Fsp3) is 1.00. The van der Waals surface area contributed by atoms with Crippen LogP contribution in [0.4, 0.5) is 0 Å². The normalized spacial score (nSPS) is 27.7. The summed E-state index contributed by atoms with van der Waals surface area (Å²) in [7, 11) is 2.14. The third-order valence-electron chi connectivity index (χ3n) is 4.26. The van der Waals surface area contributed by atoms with Gasteiger partial charge in [-0.05, 0) is 45.2 Å². The van der Waals surface area contributed by atoms with Crippen LogP contribution in [0.5, 0.6) is 0 Å². The summed E-state index contributed by atoms with van der Waals surface area (Å²) in [6.45, 7) is 6.10. The Morgan fingerprint density at radius 1 is 1.39 bits per heavy atom. The predicted molar refractivity (Wildman–Crippen MR) is 72.7 cm³/mol. The summed E-state index contributed by atoms with van der Waals surface area (Å²) in [6.07, 6.45) is 5.27. The molecule has 1 saturated heterocycles. The van der Waals surface area contributed by atoms with E-state index in [0.717, 1.165) is 26.2 Å². The standard InChI is InChI=1S/C14H28N2O2/c1-3-15-14(11-17,12-6-7-12)10-16(2)9-13-5-4-8-18-13/h12-13,15,17H,3-11H2,1-2H3. The highest BCUT2D eigenvalue weighted by Gasteiger charge is 2.44. The smallest absolute Gasteiger partial charge is 0.0702 e. The van der Waals surface area contributed by atoms with Gasteiger partial charge in [0.05, 0.1) is 18.2 Å². The number of hydrogen-bond donors (Lipinski definition) is 2. The van der Waals surface area contributed by atoms with Crippen molar-refractivity contribution in [3.63, 3.8) is 0 Å². The summed E-state index contributed by atoms with van der Waals surface area (Å²) in [5.41, 5.74) is -0.0951. The van der Waals surface area contributed by atoms with Crippen LogP contribution in [0, 0.1) is 5.92 Å². The Morgan fingerprint density at radius 3 is 2.67 bits per heavy atom. The molecule has 106 valence electrons. The number of nitrogens with one attached hydrogen (secondary N) is 1. The van der Waals surface area contributed by atoms with Gasteiger partial charge < -0.3 is 20.1 Å². The minimum Gasteiger partial charge on any atom is -0.394 e. The molecule has 4 heteroatoms. The van der Waals surface area contributed by atoms with Gasteiger partial charge in [-0.25, -0.2) is 0 Å². The van der Waals surface area contributed by atoms with E-state index in [9.17, 15) is 5.11 Å². The number of rotatable bonds is 8. The van der Waals surface area contributed by atoms with Gasteiger partial charge in [0.25, 0.3) is 0 Å². The van der Waals surface area contributed by atoms with E-state index in [0.29, 0.717) is 12.0 Å². The van der Waals surface area contributed by atoms with Crippen molar-refractivity contribution < 1.29 is 9.84 Å². The monoisotopic (exact) mass is 256 g/mol. The molecule has 0 spiro atoms. The van der Waals surface area contributed by atoms with E-state index in [1.54, 1.807) is 0 Å². The molecule has 2 N–H and O–H groups in total. The molecular formula is C14H28N2O2. The number of nitrogens with zero attached hydrogens (tertiary/aromatic N) is 1. The average molecular weight is 256 g/mol. The van der Waals surface area contributed by atoms with Gasteiger partial charge in [-0.3, -0.25) is 0 Å². The molecule has 2 atom stereocenters. The van der Waals surface area contributed by atoms with Crippen molar-refractivity contribution in [1.82, 2.24) is 10.2 Å². The lowest BCUT2D eigenvalue weighted by Crippen LogP contribution is -2.58. The van der Waals surface area contributed by atoms with Crippen LogP contribution in [0.1, 0.15) is 32.6 Å². The molecule has 4 nitrogen and oxygen atoms in total. The van der Waals surface area contributed by atoms with Crippen molar-refractivity contribution in [3.8, 4) is 0 Å². The van der Waals surface area contributed by atoms with Gasteiger partial charge in [-0.15, -0.1) is 0 Å². The van der Waals surface area contributed by atoms with Crippen molar-refractivity contribution >= 4 is 0 Å². The van der Waals surface area contributed by atoms with Crippen LogP contribution in [-0.2, 0) is 4.74 Å². The number of aliphatic hydroxyl groups is 1. The molecule has 0 bridgehead atoms. The summed E-state index contributed by atoms with van der Waals surface area (Å²) >= 11 is 0. The molecule has 1 heterocycles. The molecule has 0 aromatic carbocycles. The predicted octanol–water partition coefficient (Wildman–Crippen LogP) is 0.848. The highest BCUT2D eigenvalue weighted by Crippen LogP contribution is 2.40. The Morgan fingerprint density at radius 2 is 2.17 bits per heavy atom. The van der Waals surface area contributed by atoms with Crippen molar-refractivity contribution in [3.05, 3.63) is 0 Å². The van der Waals surface area contributed by atoms with Crippen LogP contribution in [-0.4, -0.2) is 61.5 Å². The Bertz CT molecular complexity index is 252. The van der Waals surface area contributed by atoms with E-state index in [1.165, 1.54) is 25.7 Å². The van der Waals surface area contributed by atoms with Gasteiger partial charge in [-0.2, -0.15) is 0 Å². The molecule has 2 aliphatic rings. The van der Waals surface area contributed by atoms with Crippen LogP contribution in [0.15, 0.2) is 0 Å². The first-order valence-corrected chi connectivity index (χ1v) is 7.36. The van der Waals surface area contributed by atoms with Gasteiger partial charge in [0, 0.05) is 19.7 Å². The van der Waals surface area contributed by atoms with Crippen LogP contribution in [0.25, 0.3) is 0 Å². The maximum atomic E-state index is 9.81. The van der Waals surface area contributed by atoms with Gasteiger partial charge in [-0.1, -0.05) is 6.92 Å². The van der Waals surface area contributed by atoms with E-state index >= 15 is 0 Å². The summed E-state index contributed by atoms with van der Waals surface area (Å²) in [6, 6.07) is 0. The van der Waals surface area contributed by atoms with Crippen LogP contribution in [0.2, 0.25) is 0 Å². The van der Waals surface area contributed by atoms with Gasteiger partial charge in [0.15, 0.2) is 0 Å². The first-order valence-electron chi connectivity index (χ1n) is 7.36.